The Morgan fingerprint density at radius 2 is 2.21 bits per heavy atom. The zero-order valence-electron chi connectivity index (χ0n) is 15.9. The molecule has 0 saturated carbocycles. The average Bonchev–Trinajstić information content (AvgIpc) is 3.11. The minimum atomic E-state index is -0.240. The van der Waals surface area contributed by atoms with Crippen molar-refractivity contribution in [3.63, 3.8) is 0 Å². The van der Waals surface area contributed by atoms with Crippen molar-refractivity contribution in [1.29, 1.82) is 0 Å². The summed E-state index contributed by atoms with van der Waals surface area (Å²) in [7, 11) is 3.46. The number of anilines is 3. The van der Waals surface area contributed by atoms with E-state index in [2.05, 4.69) is 38.1 Å². The molecular weight excluding hydrogens is 376 g/mol. The Bertz CT molecular complexity index is 1030. The summed E-state index contributed by atoms with van der Waals surface area (Å²) in [4.78, 5) is 21.8. The second kappa shape index (κ2) is 7.59. The van der Waals surface area contributed by atoms with Crippen molar-refractivity contribution in [2.24, 2.45) is 0 Å². The van der Waals surface area contributed by atoms with Gasteiger partial charge in [-0.2, -0.15) is 11.8 Å². The molecule has 3 aromatic rings. The summed E-state index contributed by atoms with van der Waals surface area (Å²) < 4.78 is 6.95. The first kappa shape index (κ1) is 18.4. The molecule has 9 heteroatoms. The number of fused-ring (bicyclic) bond motifs is 3. The lowest BCUT2D eigenvalue weighted by Gasteiger charge is -2.17. The Hall–Kier alpha value is -2.94. The van der Waals surface area contributed by atoms with Gasteiger partial charge >= 0.3 is 6.03 Å². The molecule has 0 aliphatic carbocycles. The first-order valence-electron chi connectivity index (χ1n) is 8.97. The molecule has 28 heavy (non-hydrogen) atoms. The highest BCUT2D eigenvalue weighted by molar-refractivity contribution is 7.98. The van der Waals surface area contributed by atoms with Crippen LogP contribution in [0, 0.1) is 0 Å². The zero-order chi connectivity index (χ0) is 19.7. The van der Waals surface area contributed by atoms with Gasteiger partial charge in [0.25, 0.3) is 0 Å². The summed E-state index contributed by atoms with van der Waals surface area (Å²) in [5, 5.41) is 9.47. The molecule has 0 saturated heterocycles. The molecule has 4 rings (SSSR count). The minimum absolute atomic E-state index is 0.0145. The van der Waals surface area contributed by atoms with Gasteiger partial charge in [-0.1, -0.05) is 6.07 Å². The van der Waals surface area contributed by atoms with Crippen LogP contribution in [0.4, 0.5) is 22.0 Å². The van der Waals surface area contributed by atoms with Crippen LogP contribution in [-0.4, -0.2) is 46.5 Å². The SMILES string of the molecule is CNc1cc2nc3c1ncn3C(=O)N[C@H](C)CSCc1ccc(OC)c(c1)N2. The molecule has 0 unspecified atom stereocenters. The maximum absolute atomic E-state index is 12.7. The largest absolute Gasteiger partial charge is 0.495 e. The number of thioether (sulfide) groups is 1. The smallest absolute Gasteiger partial charge is 0.328 e. The molecule has 8 nitrogen and oxygen atoms in total. The first-order chi connectivity index (χ1) is 13.6. The number of pyridine rings is 1. The number of benzene rings is 1. The summed E-state index contributed by atoms with van der Waals surface area (Å²) in [6.07, 6.45) is 1.50. The Labute approximate surface area is 167 Å². The molecule has 0 fully saturated rings. The molecule has 3 heterocycles. The van der Waals surface area contributed by atoms with Crippen LogP contribution >= 0.6 is 11.8 Å². The number of ether oxygens (including phenoxy) is 1. The summed E-state index contributed by atoms with van der Waals surface area (Å²) >= 11 is 1.77. The van der Waals surface area contributed by atoms with E-state index in [4.69, 9.17) is 4.74 Å². The lowest BCUT2D eigenvalue weighted by atomic mass is 10.2. The lowest BCUT2D eigenvalue weighted by molar-refractivity contribution is 0.241. The fraction of sp³-hybridized carbons (Fsp3) is 0.316. The number of nitrogens with zero attached hydrogens (tertiary/aromatic N) is 3. The van der Waals surface area contributed by atoms with Gasteiger partial charge in [0, 0.05) is 30.7 Å². The van der Waals surface area contributed by atoms with E-state index in [1.165, 1.54) is 16.5 Å². The van der Waals surface area contributed by atoms with Crippen LogP contribution in [-0.2, 0) is 5.75 Å². The summed E-state index contributed by atoms with van der Waals surface area (Å²) in [6.45, 7) is 1.99. The Balaban J connectivity index is 1.88. The molecule has 1 aliphatic rings. The Morgan fingerprint density at radius 3 is 3.00 bits per heavy atom. The lowest BCUT2D eigenvalue weighted by Crippen LogP contribution is -2.37. The summed E-state index contributed by atoms with van der Waals surface area (Å²) in [5.74, 6) is 2.96. The van der Waals surface area contributed by atoms with Crippen molar-refractivity contribution >= 4 is 46.1 Å². The number of hydrogen-bond acceptors (Lipinski definition) is 7. The van der Waals surface area contributed by atoms with Gasteiger partial charge in [0.1, 0.15) is 23.4 Å². The van der Waals surface area contributed by atoms with Gasteiger partial charge in [-0.3, -0.25) is 0 Å². The van der Waals surface area contributed by atoms with Crippen LogP contribution in [0.25, 0.3) is 11.2 Å². The van der Waals surface area contributed by atoms with Crippen LogP contribution in [0.15, 0.2) is 30.6 Å². The molecule has 3 N–H and O–H groups in total. The van der Waals surface area contributed by atoms with Gasteiger partial charge in [-0.25, -0.2) is 19.3 Å². The number of amides is 1. The third kappa shape index (κ3) is 3.45. The molecule has 1 aromatic carbocycles. The quantitative estimate of drug-likeness (QED) is 0.609. The van der Waals surface area contributed by atoms with E-state index >= 15 is 0 Å². The maximum Gasteiger partial charge on any atom is 0.328 e. The summed E-state index contributed by atoms with van der Waals surface area (Å²) in [5.41, 5.74) is 3.90. The predicted molar refractivity (Wildman–Crippen MR) is 113 cm³/mol. The molecule has 0 radical (unpaired) electrons. The highest BCUT2D eigenvalue weighted by atomic mass is 32.2. The first-order valence-corrected chi connectivity index (χ1v) is 10.1. The van der Waals surface area contributed by atoms with Gasteiger partial charge in [0.15, 0.2) is 5.65 Å². The van der Waals surface area contributed by atoms with Crippen molar-refractivity contribution < 1.29 is 9.53 Å². The van der Waals surface area contributed by atoms with Crippen LogP contribution in [0.2, 0.25) is 0 Å². The number of methoxy groups -OCH3 is 1. The average molecular weight is 398 g/mol. The van der Waals surface area contributed by atoms with Crippen molar-refractivity contribution in [1.82, 2.24) is 19.9 Å². The van der Waals surface area contributed by atoms with E-state index in [1.807, 2.05) is 26.1 Å². The van der Waals surface area contributed by atoms with Crippen molar-refractivity contribution in [2.75, 3.05) is 30.5 Å². The fourth-order valence-corrected chi connectivity index (χ4v) is 4.12. The normalized spacial score (nSPS) is 17.0. The molecule has 1 aliphatic heterocycles. The molecule has 2 aromatic heterocycles. The topological polar surface area (TPSA) is 93.1 Å². The van der Waals surface area contributed by atoms with E-state index in [1.54, 1.807) is 18.9 Å². The highest BCUT2D eigenvalue weighted by Crippen LogP contribution is 2.32. The number of imidazole rings is 1. The fourth-order valence-electron chi connectivity index (χ4n) is 3.15. The van der Waals surface area contributed by atoms with Crippen molar-refractivity contribution in [3.8, 4) is 5.75 Å². The predicted octanol–water partition coefficient (Wildman–Crippen LogP) is 3.42. The van der Waals surface area contributed by atoms with Gasteiger partial charge in [0.05, 0.1) is 18.5 Å². The minimum Gasteiger partial charge on any atom is -0.495 e. The monoisotopic (exact) mass is 398 g/mol. The third-order valence-corrected chi connectivity index (χ3v) is 5.80. The molecular formula is C19H22N6O2S. The van der Waals surface area contributed by atoms with Crippen molar-refractivity contribution in [3.05, 3.63) is 36.2 Å². The highest BCUT2D eigenvalue weighted by Gasteiger charge is 2.18. The number of carbonyl (C=O) groups is 1. The second-order valence-electron chi connectivity index (χ2n) is 6.62. The van der Waals surface area contributed by atoms with Crippen LogP contribution in [0.3, 0.4) is 0 Å². The zero-order valence-corrected chi connectivity index (χ0v) is 16.8. The van der Waals surface area contributed by atoms with Crippen LogP contribution in [0.1, 0.15) is 12.5 Å². The van der Waals surface area contributed by atoms with Gasteiger partial charge in [0.2, 0.25) is 0 Å². The maximum atomic E-state index is 12.7. The van der Waals surface area contributed by atoms with E-state index in [0.717, 1.165) is 28.6 Å². The summed E-state index contributed by atoms with van der Waals surface area (Å²) in [6, 6.07) is 7.72. The van der Waals surface area contributed by atoms with E-state index in [9.17, 15) is 4.79 Å². The van der Waals surface area contributed by atoms with E-state index in [-0.39, 0.29) is 12.1 Å². The molecule has 1 amide bonds. The number of nitrogens with one attached hydrogen (secondary N) is 3. The molecule has 1 atom stereocenters. The van der Waals surface area contributed by atoms with E-state index < -0.39 is 0 Å². The van der Waals surface area contributed by atoms with Crippen molar-refractivity contribution in [2.45, 2.75) is 18.7 Å². The number of carbonyl (C=O) groups excluding carboxylic acids is 1. The van der Waals surface area contributed by atoms with Gasteiger partial charge in [-0.05, 0) is 24.6 Å². The van der Waals surface area contributed by atoms with E-state index in [0.29, 0.717) is 17.0 Å². The molecule has 4 bridgehead atoms. The standard InChI is InChI=1S/C19H22N6O2S/c1-11-8-28-9-12-4-5-15(27-3)13(6-12)23-16-7-14(20-2)17-18(24-16)25(10-21-17)19(26)22-11/h4-7,10-11H,8-9H2,1-3H3,(H,22,26)(H2,20,23,24)/t11-/m1/s1. The third-order valence-electron chi connectivity index (χ3n) is 4.53. The van der Waals surface area contributed by atoms with Gasteiger partial charge < -0.3 is 20.7 Å². The number of aromatic nitrogens is 3. The van der Waals surface area contributed by atoms with Crippen LogP contribution < -0.4 is 20.7 Å². The molecule has 146 valence electrons. The Kier molecular flexibility index (Phi) is 4.99. The van der Waals surface area contributed by atoms with Crippen LogP contribution in [0.5, 0.6) is 5.75 Å². The number of hydrogen-bond donors (Lipinski definition) is 3. The molecule has 0 spiro atoms. The second-order valence-corrected chi connectivity index (χ2v) is 7.65. The van der Waals surface area contributed by atoms with Gasteiger partial charge in [-0.15, -0.1) is 0 Å². The Morgan fingerprint density at radius 1 is 1.36 bits per heavy atom. The number of rotatable bonds is 2.